The molecule has 3 amide bonds. The van der Waals surface area contributed by atoms with Crippen molar-refractivity contribution in [1.29, 1.82) is 0 Å². The number of benzene rings is 4. The normalized spacial score (nSPS) is 23.1. The number of quaternary nitrogens is 3. The summed E-state index contributed by atoms with van der Waals surface area (Å²) in [5, 5.41) is 19.7. The molecule has 0 N–H and O–H groups in total. The average molecular weight is 1730 g/mol. The highest BCUT2D eigenvalue weighted by Gasteiger charge is 2.50. The molecule has 6 bridgehead atoms. The van der Waals surface area contributed by atoms with Crippen molar-refractivity contribution >= 4 is 69.9 Å². The summed E-state index contributed by atoms with van der Waals surface area (Å²) in [7, 11) is 2.32. The van der Waals surface area contributed by atoms with E-state index in [2.05, 4.69) is 112 Å². The number of amides is 3. The van der Waals surface area contributed by atoms with Crippen molar-refractivity contribution in [2.24, 2.45) is 17.8 Å². The lowest BCUT2D eigenvalue weighted by molar-refractivity contribution is -0.946. The highest BCUT2D eigenvalue weighted by Crippen LogP contribution is 2.41. The van der Waals surface area contributed by atoms with Crippen LogP contribution in [-0.2, 0) is 69.2 Å². The minimum atomic E-state index is -5.19. The molecule has 16 nitrogen and oxygen atoms in total. The third kappa shape index (κ3) is 25.9. The maximum absolute atomic E-state index is 14.0. The van der Waals surface area contributed by atoms with E-state index in [1.165, 1.54) is 143 Å². The van der Waals surface area contributed by atoms with Crippen LogP contribution >= 0.6 is 34.0 Å². The average Bonchev–Trinajstić information content (AvgIpc) is 1.66. The second-order valence-corrected chi connectivity index (χ2v) is 35.3. The van der Waals surface area contributed by atoms with Gasteiger partial charge in [-0.05, 0) is 141 Å². The van der Waals surface area contributed by atoms with Gasteiger partial charge in [-0.15, -0.1) is 34.0 Å². The Bertz CT molecular complexity index is 4250. The van der Waals surface area contributed by atoms with E-state index in [0.29, 0.717) is 44.1 Å². The molecule has 0 unspecified atom stereocenters. The Morgan fingerprint density at radius 1 is 0.513 bits per heavy atom. The lowest BCUT2D eigenvalue weighted by Gasteiger charge is -2.52. The molecule has 1 aliphatic carbocycles. The SMILES string of the molecule is CCc1ccc(CN(Cc2sccc2C)C(=O)O[C@H]2C[N+]3(CCCc4ccccc4)CCC2CC3)s1.Cc1cc(CN(C(=O)O[C@H]2C[N+]3(C)CCC2CC3)C2CCCC2)sc1C.O=C(O[C@H]1C[N+]2(CCCc3ccccc3)CCC1CC2)N(Cc1cc(F)c(F)c(F)c1)c1cccc(F)c1.O=C([O-])C(F)(F)F.O=C([O-])C(F)(F)F.[Br-]. The van der Waals surface area contributed by atoms with Gasteiger partial charge in [-0.1, -0.05) is 86.5 Å². The van der Waals surface area contributed by atoms with Crippen molar-refractivity contribution < 1.29 is 123 Å². The van der Waals surface area contributed by atoms with Crippen LogP contribution in [0.4, 0.5) is 64.0 Å². The second-order valence-electron chi connectivity index (χ2n) is 31.7. The second kappa shape index (κ2) is 41.2. The number of rotatable bonds is 22. The van der Waals surface area contributed by atoms with Crippen molar-refractivity contribution in [3.05, 3.63) is 202 Å². The number of aryl methyl sites for hydroxylation is 6. The molecule has 10 aliphatic rings. The molecule has 7 aromatic rings. The molecule has 1 saturated carbocycles. The number of thiophene rings is 3. The zero-order valence-electron chi connectivity index (χ0n) is 65.5. The van der Waals surface area contributed by atoms with Crippen LogP contribution in [0.2, 0.25) is 0 Å². The molecule has 0 radical (unpaired) electrons. The number of anilines is 1. The summed E-state index contributed by atoms with van der Waals surface area (Å²) in [6, 6.07) is 37.3. The Hall–Kier alpha value is -7.61. The van der Waals surface area contributed by atoms with Gasteiger partial charge in [-0.2, -0.15) is 26.3 Å². The zero-order chi connectivity index (χ0) is 82.1. The molecule has 9 aliphatic heterocycles. The molecule has 17 rings (SSSR count). The van der Waals surface area contributed by atoms with Gasteiger partial charge >= 0.3 is 30.6 Å². The number of alkyl halides is 6. The van der Waals surface area contributed by atoms with Crippen LogP contribution in [0.1, 0.15) is 136 Å². The number of fused-ring (bicyclic) bond motifs is 9. The molecule has 0 spiro atoms. The molecular weight excluding hydrogens is 1630 g/mol. The van der Waals surface area contributed by atoms with Crippen molar-refractivity contribution in [3.8, 4) is 0 Å². The highest BCUT2D eigenvalue weighted by atomic mass is 79.9. The molecule has 12 heterocycles. The fourth-order valence-electron chi connectivity index (χ4n) is 17.0. The van der Waals surface area contributed by atoms with Crippen LogP contribution < -0.4 is 32.1 Å². The minimum absolute atomic E-state index is 0. The molecular formula is C85H103BrF10N6O10S3. The maximum Gasteiger partial charge on any atom is 0.430 e. The topological polar surface area (TPSA) is 169 Å². The van der Waals surface area contributed by atoms with E-state index in [1.54, 1.807) is 11.3 Å². The van der Waals surface area contributed by atoms with Crippen molar-refractivity contribution in [3.63, 3.8) is 0 Å². The summed E-state index contributed by atoms with van der Waals surface area (Å²) in [5.74, 6) is -9.54. The number of ether oxygens (including phenoxy) is 3. The smallest absolute Gasteiger partial charge is 0.430 e. The summed E-state index contributed by atoms with van der Waals surface area (Å²) >= 11 is 5.37. The largest absolute Gasteiger partial charge is 1.00 e. The van der Waals surface area contributed by atoms with E-state index >= 15 is 0 Å². The Labute approximate surface area is 689 Å². The van der Waals surface area contributed by atoms with Gasteiger partial charge in [0.1, 0.15) is 37.4 Å². The van der Waals surface area contributed by atoms with Crippen LogP contribution in [0.5, 0.6) is 0 Å². The van der Waals surface area contributed by atoms with Gasteiger partial charge in [0.15, 0.2) is 35.8 Å². The van der Waals surface area contributed by atoms with Crippen LogP contribution in [0.25, 0.3) is 0 Å². The molecule has 3 atom stereocenters. The van der Waals surface area contributed by atoms with Crippen LogP contribution in [0.15, 0.2) is 127 Å². The number of carbonyl (C=O) groups excluding carboxylic acids is 5. The number of nitrogens with zero attached hydrogens (tertiary/aromatic N) is 6. The van der Waals surface area contributed by atoms with E-state index in [0.717, 1.165) is 121 Å². The number of carbonyl (C=O) groups is 5. The number of hydrogen-bond donors (Lipinski definition) is 0. The fraction of sp³-hybridized carbons (Fsp3) is 0.518. The third-order valence-electron chi connectivity index (χ3n) is 23.7. The first-order valence-corrected chi connectivity index (χ1v) is 41.8. The Kier molecular flexibility index (Phi) is 32.7. The summed E-state index contributed by atoms with van der Waals surface area (Å²) in [5.41, 5.74) is 5.53. The monoisotopic (exact) mass is 1730 g/mol. The number of carboxylic acids is 2. The van der Waals surface area contributed by atoms with Crippen LogP contribution in [0, 0.1) is 61.8 Å². The van der Waals surface area contributed by atoms with Crippen LogP contribution in [0.3, 0.4) is 0 Å². The van der Waals surface area contributed by atoms with Crippen molar-refractivity contribution in [1.82, 2.24) is 9.80 Å². The lowest BCUT2D eigenvalue weighted by atomic mass is 9.83. The number of halogens is 11. The van der Waals surface area contributed by atoms with Gasteiger partial charge in [-0.3, -0.25) is 9.80 Å². The summed E-state index contributed by atoms with van der Waals surface area (Å²) in [4.78, 5) is 69.4. The van der Waals surface area contributed by atoms with Gasteiger partial charge in [0.2, 0.25) is 0 Å². The highest BCUT2D eigenvalue weighted by molar-refractivity contribution is 7.12. The van der Waals surface area contributed by atoms with Crippen molar-refractivity contribution in [2.75, 3.05) is 83.9 Å². The van der Waals surface area contributed by atoms with E-state index < -0.39 is 53.7 Å². The molecule has 30 heteroatoms. The minimum Gasteiger partial charge on any atom is -1.00 e. The summed E-state index contributed by atoms with van der Waals surface area (Å²) in [6.07, 6.45) is 5.32. The van der Waals surface area contributed by atoms with E-state index in [4.69, 9.17) is 34.0 Å². The van der Waals surface area contributed by atoms with E-state index in [-0.39, 0.29) is 71.2 Å². The summed E-state index contributed by atoms with van der Waals surface area (Å²) < 4.78 is 140. The van der Waals surface area contributed by atoms with Crippen LogP contribution in [-0.4, -0.2) is 169 Å². The number of likely N-dealkylation sites (N-methyl/N-ethyl adjacent to an activating group) is 1. The van der Waals surface area contributed by atoms with E-state index in [9.17, 15) is 58.3 Å². The maximum atomic E-state index is 14.0. The molecule has 115 heavy (non-hydrogen) atoms. The Balaban J connectivity index is 0.000000183. The molecule has 10 fully saturated rings. The number of carboxylic acid groups (broad SMARTS) is 2. The Morgan fingerprint density at radius 2 is 1.00 bits per heavy atom. The molecule has 3 aromatic heterocycles. The predicted octanol–water partition coefficient (Wildman–Crippen LogP) is 13.8. The van der Waals surface area contributed by atoms with Gasteiger partial charge in [0, 0.05) is 99.5 Å². The quantitative estimate of drug-likeness (QED) is 0.0275. The predicted molar refractivity (Wildman–Crippen MR) is 413 cm³/mol. The first-order valence-electron chi connectivity index (χ1n) is 39.3. The fourth-order valence-corrected chi connectivity index (χ4v) is 19.9. The first-order chi connectivity index (χ1) is 54.2. The first kappa shape index (κ1) is 91.3. The lowest BCUT2D eigenvalue weighted by Crippen LogP contribution is -3.00. The van der Waals surface area contributed by atoms with E-state index in [1.807, 2.05) is 45.8 Å². The van der Waals surface area contributed by atoms with Gasteiger partial charge < -0.3 is 69.3 Å². The van der Waals surface area contributed by atoms with Gasteiger partial charge in [0.05, 0.1) is 91.3 Å². The van der Waals surface area contributed by atoms with Gasteiger partial charge in [-0.25, -0.2) is 31.9 Å². The number of piperidine rings is 9. The molecule has 4 aromatic carbocycles. The third-order valence-corrected chi connectivity index (χ3v) is 27.0. The zero-order valence-corrected chi connectivity index (χ0v) is 69.6. The molecule has 9 saturated heterocycles. The molecule has 628 valence electrons. The number of hydrogen-bond acceptors (Lipinski definition) is 13. The number of aliphatic carboxylic acids is 2. The van der Waals surface area contributed by atoms with Crippen molar-refractivity contribution in [2.45, 2.75) is 187 Å². The Morgan fingerprint density at radius 3 is 1.45 bits per heavy atom. The van der Waals surface area contributed by atoms with Gasteiger partial charge in [0.25, 0.3) is 0 Å². The summed E-state index contributed by atoms with van der Waals surface area (Å²) in [6.45, 7) is 22.2. The standard InChI is InChI=1S/C30H31F4N2O2.C30H39N2O2S2.C21H33N2O2S.2C2HF3O2.BrH/c31-24-9-4-10-25(18-24)35(19-22-16-26(32)29(34)27(33)17-22)30(37)38-28-20-36(14-11-23(28)12-15-36)13-5-8-21-6-2-1-3-7-21;1-3-26-11-12-27(36-26)20-31(21-29-23(2)15-19-35-29)30(33)34-28-22-32(17-13-25(28)14-18-32)16-7-10-24-8-5-4-6-9-24;1-15-12-19(26-16(15)2)13-22(18-6-4-5-7-18)21(24)25-20-14-23(3)10-8-17(20)9-11-23;2*3-2(4,5)1(6)7;/h1-4,6-7,9-10,16-18,23,28H,5,8,11-15,19-20H2;4-6,8-9,11-12,15,19,25,28H,3,7,10,13-14,16-18,20-22H2,1-2H3;12,17-18,20H,4-11,13-14H2,1-3H3;2*(H,6,7);1H/q3*+1;;;/p-3/t23?,28-,36?;25?,28-,32?;17?,20-,23?;;;/m000.../s1.